The Morgan fingerprint density at radius 1 is 1.33 bits per heavy atom. The smallest absolute Gasteiger partial charge is 0.410 e. The second kappa shape index (κ2) is 7.03. The van der Waals surface area contributed by atoms with Gasteiger partial charge in [0, 0.05) is 19.1 Å². The van der Waals surface area contributed by atoms with Gasteiger partial charge < -0.3 is 14.5 Å². The highest BCUT2D eigenvalue weighted by Gasteiger charge is 2.47. The van der Waals surface area contributed by atoms with Gasteiger partial charge in [0.1, 0.15) is 23.1 Å². The minimum atomic E-state index is -0.527. The van der Waals surface area contributed by atoms with Gasteiger partial charge in [-0.1, -0.05) is 13.8 Å². The van der Waals surface area contributed by atoms with Crippen LogP contribution >= 0.6 is 0 Å². The number of rotatable bonds is 3. The number of benzene rings is 1. The highest BCUT2D eigenvalue weighted by Crippen LogP contribution is 2.38. The van der Waals surface area contributed by atoms with Crippen molar-refractivity contribution in [2.75, 3.05) is 18.0 Å². The largest absolute Gasteiger partial charge is 0.444 e. The number of fused-ring (bicyclic) bond motifs is 2. The Labute approximate surface area is 160 Å². The van der Waals surface area contributed by atoms with Gasteiger partial charge in [-0.3, -0.25) is 0 Å². The maximum Gasteiger partial charge on any atom is 0.410 e. The van der Waals surface area contributed by atoms with Gasteiger partial charge >= 0.3 is 6.09 Å². The third-order valence-electron chi connectivity index (χ3n) is 5.06. The lowest BCUT2D eigenvalue weighted by Crippen LogP contribution is -2.50. The number of nitriles is 1. The third-order valence-corrected chi connectivity index (χ3v) is 5.06. The number of carbonyl (C=O) groups is 1. The van der Waals surface area contributed by atoms with Crippen molar-refractivity contribution in [3.05, 3.63) is 29.1 Å². The van der Waals surface area contributed by atoms with Gasteiger partial charge in [-0.2, -0.15) is 5.26 Å². The minimum absolute atomic E-state index is 0.0354. The Hall–Kier alpha value is -2.29. The molecule has 2 saturated heterocycles. The van der Waals surface area contributed by atoms with Crippen LogP contribution in [0.3, 0.4) is 0 Å². The molecule has 2 aliphatic rings. The fourth-order valence-corrected chi connectivity index (χ4v) is 4.08. The average molecular weight is 373 g/mol. The maximum atomic E-state index is 14.5. The zero-order chi connectivity index (χ0) is 19.9. The molecule has 6 heteroatoms. The molecule has 146 valence electrons. The van der Waals surface area contributed by atoms with Gasteiger partial charge in [0.05, 0.1) is 11.7 Å². The fraction of sp³-hybridized carbons (Fsp3) is 0.619. The van der Waals surface area contributed by atoms with Gasteiger partial charge in [0.2, 0.25) is 0 Å². The number of hydrogen-bond donors (Lipinski definition) is 0. The predicted octanol–water partition coefficient (Wildman–Crippen LogP) is 4.09. The molecule has 2 unspecified atom stereocenters. The van der Waals surface area contributed by atoms with Crippen molar-refractivity contribution < 1.29 is 13.9 Å². The van der Waals surface area contributed by atoms with Crippen LogP contribution in [-0.4, -0.2) is 41.8 Å². The van der Waals surface area contributed by atoms with Crippen molar-refractivity contribution >= 4 is 11.8 Å². The number of ether oxygens (including phenoxy) is 1. The minimum Gasteiger partial charge on any atom is -0.444 e. The van der Waals surface area contributed by atoms with Crippen molar-refractivity contribution in [1.29, 1.82) is 5.26 Å². The van der Waals surface area contributed by atoms with E-state index in [-0.39, 0.29) is 23.7 Å². The molecule has 0 N–H and O–H groups in total. The first-order valence-electron chi connectivity index (χ1n) is 9.58. The predicted molar refractivity (Wildman–Crippen MR) is 102 cm³/mol. The van der Waals surface area contributed by atoms with E-state index < -0.39 is 11.4 Å². The van der Waals surface area contributed by atoms with E-state index in [2.05, 4.69) is 18.7 Å². The normalized spacial score (nSPS) is 21.7. The number of halogens is 1. The van der Waals surface area contributed by atoms with Gasteiger partial charge in [-0.15, -0.1) is 0 Å². The van der Waals surface area contributed by atoms with E-state index in [4.69, 9.17) is 4.74 Å². The highest BCUT2D eigenvalue weighted by atomic mass is 19.1. The molecule has 2 bridgehead atoms. The molecule has 2 heterocycles. The first-order valence-corrected chi connectivity index (χ1v) is 9.58. The number of amides is 1. The Balaban J connectivity index is 1.82. The highest BCUT2D eigenvalue weighted by molar-refractivity contribution is 5.71. The van der Waals surface area contributed by atoms with Crippen LogP contribution in [0.4, 0.5) is 14.9 Å². The Kier molecular flexibility index (Phi) is 5.07. The summed E-state index contributed by atoms with van der Waals surface area (Å²) in [6, 6.07) is 5.57. The summed E-state index contributed by atoms with van der Waals surface area (Å²) in [5.74, 6) is -0.0553. The van der Waals surface area contributed by atoms with Crippen LogP contribution in [0.25, 0.3) is 0 Å². The van der Waals surface area contributed by atoms with Crippen molar-refractivity contribution in [3.63, 3.8) is 0 Å². The van der Waals surface area contributed by atoms with Crippen molar-refractivity contribution in [1.82, 2.24) is 4.90 Å². The Morgan fingerprint density at radius 3 is 2.56 bits per heavy atom. The topological polar surface area (TPSA) is 56.6 Å². The summed E-state index contributed by atoms with van der Waals surface area (Å²) in [6.07, 6.45) is 1.29. The zero-order valence-corrected chi connectivity index (χ0v) is 16.8. The molecule has 2 fully saturated rings. The van der Waals surface area contributed by atoms with E-state index in [0.717, 1.165) is 18.4 Å². The van der Waals surface area contributed by atoms with Crippen LogP contribution in [0.2, 0.25) is 0 Å². The number of carbonyl (C=O) groups excluding carboxylic acids is 1. The van der Waals surface area contributed by atoms with Crippen LogP contribution in [0.5, 0.6) is 0 Å². The standard InChI is InChI=1S/C21H28FN3O2/c1-13(2)6-14-7-18(22)17(10-23)19(8-14)24-11-16-9-15(24)12-25(16)20(26)27-21(3,4)5/h7-8,13,15-16H,6,9,11-12H2,1-5H3. The van der Waals surface area contributed by atoms with E-state index in [9.17, 15) is 14.4 Å². The molecule has 2 aliphatic heterocycles. The van der Waals surface area contributed by atoms with Crippen LogP contribution in [0.15, 0.2) is 12.1 Å². The van der Waals surface area contributed by atoms with Crippen molar-refractivity contribution in [2.24, 2.45) is 5.92 Å². The summed E-state index contributed by atoms with van der Waals surface area (Å²) < 4.78 is 20.0. The summed E-state index contributed by atoms with van der Waals surface area (Å²) in [5.41, 5.74) is 1.13. The summed E-state index contributed by atoms with van der Waals surface area (Å²) in [7, 11) is 0. The summed E-state index contributed by atoms with van der Waals surface area (Å²) in [6.45, 7) is 10.9. The summed E-state index contributed by atoms with van der Waals surface area (Å²) >= 11 is 0. The molecule has 0 spiro atoms. The van der Waals surface area contributed by atoms with Crippen LogP contribution < -0.4 is 4.90 Å². The Morgan fingerprint density at radius 2 is 2.04 bits per heavy atom. The van der Waals surface area contributed by atoms with E-state index >= 15 is 0 Å². The quantitative estimate of drug-likeness (QED) is 0.801. The van der Waals surface area contributed by atoms with Crippen LogP contribution in [0, 0.1) is 23.1 Å². The second-order valence-electron chi connectivity index (χ2n) is 9.01. The monoisotopic (exact) mass is 373 g/mol. The first-order chi connectivity index (χ1) is 12.6. The van der Waals surface area contributed by atoms with Gasteiger partial charge in [-0.25, -0.2) is 9.18 Å². The molecular weight excluding hydrogens is 345 g/mol. The Bertz CT molecular complexity index is 779. The molecule has 5 nitrogen and oxygen atoms in total. The molecule has 1 aromatic rings. The van der Waals surface area contributed by atoms with E-state index in [1.807, 2.05) is 32.9 Å². The van der Waals surface area contributed by atoms with Gasteiger partial charge in [0.15, 0.2) is 0 Å². The molecule has 1 amide bonds. The summed E-state index contributed by atoms with van der Waals surface area (Å²) in [5, 5.41) is 9.47. The van der Waals surface area contributed by atoms with Gasteiger partial charge in [0.25, 0.3) is 0 Å². The average Bonchev–Trinajstić information content (AvgIpc) is 3.12. The van der Waals surface area contributed by atoms with E-state index in [0.29, 0.717) is 24.7 Å². The maximum absolute atomic E-state index is 14.5. The molecule has 0 radical (unpaired) electrons. The first kappa shape index (κ1) is 19.5. The molecule has 27 heavy (non-hydrogen) atoms. The second-order valence-corrected chi connectivity index (χ2v) is 9.01. The number of likely N-dealkylation sites (tertiary alicyclic amines) is 1. The van der Waals surface area contributed by atoms with E-state index in [1.54, 1.807) is 4.90 Å². The number of piperazine rings is 1. The molecule has 0 aliphatic carbocycles. The number of hydrogen-bond acceptors (Lipinski definition) is 4. The molecule has 2 atom stereocenters. The molecule has 3 rings (SSSR count). The van der Waals surface area contributed by atoms with Gasteiger partial charge in [-0.05, 0) is 57.2 Å². The van der Waals surface area contributed by atoms with Crippen molar-refractivity contribution in [2.45, 2.75) is 65.1 Å². The van der Waals surface area contributed by atoms with Crippen LogP contribution in [0.1, 0.15) is 52.2 Å². The third kappa shape index (κ3) is 4.02. The van der Waals surface area contributed by atoms with E-state index in [1.165, 1.54) is 6.07 Å². The SMILES string of the molecule is CC(C)Cc1cc(F)c(C#N)c(N2CC3CC2CN3C(=O)OC(C)(C)C)c1. The lowest BCUT2D eigenvalue weighted by Gasteiger charge is -2.36. The number of nitrogens with zero attached hydrogens (tertiary/aromatic N) is 3. The lowest BCUT2D eigenvalue weighted by atomic mass is 9.99. The lowest BCUT2D eigenvalue weighted by molar-refractivity contribution is 0.0214. The molecule has 0 saturated carbocycles. The fourth-order valence-electron chi connectivity index (χ4n) is 4.08. The van der Waals surface area contributed by atoms with Crippen LogP contribution in [-0.2, 0) is 11.2 Å². The number of anilines is 1. The molecular formula is C21H28FN3O2. The summed E-state index contributed by atoms with van der Waals surface area (Å²) in [4.78, 5) is 16.3. The molecule has 1 aromatic carbocycles. The zero-order valence-electron chi connectivity index (χ0n) is 16.8. The van der Waals surface area contributed by atoms with Crippen molar-refractivity contribution in [3.8, 4) is 6.07 Å². The molecule has 0 aromatic heterocycles.